The summed E-state index contributed by atoms with van der Waals surface area (Å²) >= 11 is 3.46. The number of hydrogen-bond acceptors (Lipinski definition) is 1. The van der Waals surface area contributed by atoms with Gasteiger partial charge in [0.2, 0.25) is 0 Å². The van der Waals surface area contributed by atoms with Crippen molar-refractivity contribution in [1.29, 1.82) is 0 Å². The zero-order chi connectivity index (χ0) is 13.3. The molecule has 1 unspecified atom stereocenters. The van der Waals surface area contributed by atoms with Crippen LogP contribution < -0.4 is 0 Å². The van der Waals surface area contributed by atoms with E-state index in [2.05, 4.69) is 15.9 Å². The van der Waals surface area contributed by atoms with Gasteiger partial charge in [-0.15, -0.1) is 0 Å². The molecule has 0 aliphatic carbocycles. The van der Waals surface area contributed by atoms with E-state index >= 15 is 0 Å². The van der Waals surface area contributed by atoms with Crippen LogP contribution in [-0.4, -0.2) is 5.11 Å². The van der Waals surface area contributed by atoms with Crippen molar-refractivity contribution in [2.75, 3.05) is 0 Å². The predicted molar refractivity (Wildman–Crippen MR) is 74.1 cm³/mol. The maximum absolute atomic E-state index is 12.9. The molecule has 0 bridgehead atoms. The maximum Gasteiger partial charge on any atom is 0.123 e. The van der Waals surface area contributed by atoms with Crippen molar-refractivity contribution < 1.29 is 9.50 Å². The van der Waals surface area contributed by atoms with Gasteiger partial charge in [-0.2, -0.15) is 0 Å². The Labute approximate surface area is 114 Å². The average Bonchev–Trinajstić information content (AvgIpc) is 2.34. The summed E-state index contributed by atoms with van der Waals surface area (Å²) in [5, 5.41) is 10.3. The maximum atomic E-state index is 12.9. The zero-order valence-electron chi connectivity index (χ0n) is 10.2. The Kier molecular flexibility index (Phi) is 3.83. The summed E-state index contributed by atoms with van der Waals surface area (Å²) in [7, 11) is 0. The Bertz CT molecular complexity index is 563. The highest BCUT2D eigenvalue weighted by atomic mass is 79.9. The van der Waals surface area contributed by atoms with Gasteiger partial charge in [-0.05, 0) is 54.3 Å². The van der Waals surface area contributed by atoms with Gasteiger partial charge in [0.05, 0.1) is 0 Å². The third kappa shape index (κ3) is 2.62. The van der Waals surface area contributed by atoms with Gasteiger partial charge in [0.15, 0.2) is 0 Å². The van der Waals surface area contributed by atoms with Crippen LogP contribution in [0.4, 0.5) is 4.39 Å². The lowest BCUT2D eigenvalue weighted by molar-refractivity contribution is 0.219. The summed E-state index contributed by atoms with van der Waals surface area (Å²) in [6, 6.07) is 9.87. The molecule has 2 aromatic carbocycles. The molecule has 0 heterocycles. The molecule has 18 heavy (non-hydrogen) atoms. The summed E-state index contributed by atoms with van der Waals surface area (Å²) in [4.78, 5) is 0. The third-order valence-corrected chi connectivity index (χ3v) is 3.88. The molecule has 1 N–H and O–H groups in total. The van der Waals surface area contributed by atoms with Gasteiger partial charge in [-0.1, -0.05) is 34.1 Å². The Morgan fingerprint density at radius 3 is 2.28 bits per heavy atom. The highest BCUT2D eigenvalue weighted by Crippen LogP contribution is 2.29. The van der Waals surface area contributed by atoms with Gasteiger partial charge >= 0.3 is 0 Å². The zero-order valence-corrected chi connectivity index (χ0v) is 11.8. The molecule has 0 radical (unpaired) electrons. The second-order valence-electron chi connectivity index (χ2n) is 4.41. The molecule has 0 fully saturated rings. The van der Waals surface area contributed by atoms with Gasteiger partial charge < -0.3 is 5.11 Å². The molecule has 3 heteroatoms. The number of aryl methyl sites for hydroxylation is 2. The van der Waals surface area contributed by atoms with Crippen LogP contribution in [0.25, 0.3) is 0 Å². The smallest absolute Gasteiger partial charge is 0.123 e. The number of halogens is 2. The van der Waals surface area contributed by atoms with Crippen molar-refractivity contribution in [3.05, 3.63) is 68.9 Å². The first-order valence-corrected chi connectivity index (χ1v) is 6.48. The quantitative estimate of drug-likeness (QED) is 0.877. The molecular weight excluding hydrogens is 295 g/mol. The van der Waals surface area contributed by atoms with Crippen LogP contribution in [0.5, 0.6) is 0 Å². The molecule has 94 valence electrons. The van der Waals surface area contributed by atoms with E-state index in [-0.39, 0.29) is 5.82 Å². The molecular formula is C15H14BrFO. The van der Waals surface area contributed by atoms with Gasteiger partial charge in [0.25, 0.3) is 0 Å². The number of aliphatic hydroxyl groups is 1. The third-order valence-electron chi connectivity index (χ3n) is 3.03. The van der Waals surface area contributed by atoms with E-state index in [9.17, 15) is 9.50 Å². The van der Waals surface area contributed by atoms with Gasteiger partial charge in [0, 0.05) is 4.47 Å². The first-order chi connectivity index (χ1) is 8.49. The molecule has 0 spiro atoms. The van der Waals surface area contributed by atoms with Crippen molar-refractivity contribution in [1.82, 2.24) is 0 Å². The van der Waals surface area contributed by atoms with E-state index in [0.29, 0.717) is 5.56 Å². The largest absolute Gasteiger partial charge is 0.384 e. The van der Waals surface area contributed by atoms with E-state index in [4.69, 9.17) is 0 Å². The Morgan fingerprint density at radius 2 is 1.67 bits per heavy atom. The van der Waals surface area contributed by atoms with Crippen molar-refractivity contribution >= 4 is 15.9 Å². The predicted octanol–water partition coefficient (Wildman–Crippen LogP) is 4.29. The van der Waals surface area contributed by atoms with E-state index in [1.54, 1.807) is 12.1 Å². The van der Waals surface area contributed by atoms with Crippen molar-refractivity contribution in [3.63, 3.8) is 0 Å². The molecule has 0 amide bonds. The minimum absolute atomic E-state index is 0.297. The first kappa shape index (κ1) is 13.2. The molecule has 2 rings (SSSR count). The summed E-state index contributed by atoms with van der Waals surface area (Å²) < 4.78 is 13.9. The van der Waals surface area contributed by atoms with E-state index in [0.717, 1.165) is 21.2 Å². The fraction of sp³-hybridized carbons (Fsp3) is 0.200. The minimum Gasteiger partial charge on any atom is -0.384 e. The normalized spacial score (nSPS) is 12.5. The van der Waals surface area contributed by atoms with Crippen molar-refractivity contribution in [2.45, 2.75) is 20.0 Å². The summed E-state index contributed by atoms with van der Waals surface area (Å²) in [5.41, 5.74) is 3.62. The van der Waals surface area contributed by atoms with E-state index < -0.39 is 6.10 Å². The van der Waals surface area contributed by atoms with Crippen LogP contribution in [0.2, 0.25) is 0 Å². The van der Waals surface area contributed by atoms with Crippen LogP contribution in [0.15, 0.2) is 40.9 Å². The van der Waals surface area contributed by atoms with Gasteiger partial charge in [-0.25, -0.2) is 4.39 Å². The van der Waals surface area contributed by atoms with Gasteiger partial charge in [-0.3, -0.25) is 0 Å². The lowest BCUT2D eigenvalue weighted by atomic mass is 9.96. The summed E-state index contributed by atoms with van der Waals surface area (Å²) in [6.07, 6.45) is -0.725. The summed E-state index contributed by atoms with van der Waals surface area (Å²) in [5.74, 6) is -0.297. The fourth-order valence-corrected chi connectivity index (χ4v) is 2.38. The Balaban J connectivity index is 2.42. The van der Waals surface area contributed by atoms with Crippen molar-refractivity contribution in [3.8, 4) is 0 Å². The SMILES string of the molecule is Cc1cc(C(O)c2ccc(F)cc2)c(C)cc1Br. The lowest BCUT2D eigenvalue weighted by Gasteiger charge is -2.16. The second kappa shape index (κ2) is 5.21. The van der Waals surface area contributed by atoms with Crippen molar-refractivity contribution in [2.24, 2.45) is 0 Å². The number of aliphatic hydroxyl groups excluding tert-OH is 1. The molecule has 0 aromatic heterocycles. The van der Waals surface area contributed by atoms with Gasteiger partial charge in [0.1, 0.15) is 11.9 Å². The molecule has 2 aromatic rings. The number of rotatable bonds is 2. The van der Waals surface area contributed by atoms with E-state index in [1.165, 1.54) is 12.1 Å². The molecule has 0 aliphatic heterocycles. The standard InChI is InChI=1S/C15H14BrFO/c1-9-8-14(16)10(2)7-13(9)15(18)11-3-5-12(17)6-4-11/h3-8,15,18H,1-2H3. The van der Waals surface area contributed by atoms with Crippen LogP contribution in [0.1, 0.15) is 28.4 Å². The minimum atomic E-state index is -0.725. The fourth-order valence-electron chi connectivity index (χ4n) is 1.92. The lowest BCUT2D eigenvalue weighted by Crippen LogP contribution is -2.03. The average molecular weight is 309 g/mol. The first-order valence-electron chi connectivity index (χ1n) is 5.69. The number of hydrogen-bond donors (Lipinski definition) is 1. The molecule has 1 nitrogen and oxygen atoms in total. The molecule has 1 atom stereocenters. The van der Waals surface area contributed by atoms with Crippen LogP contribution in [0, 0.1) is 19.7 Å². The Hall–Kier alpha value is -1.19. The molecule has 0 saturated heterocycles. The van der Waals surface area contributed by atoms with Crippen LogP contribution >= 0.6 is 15.9 Å². The monoisotopic (exact) mass is 308 g/mol. The topological polar surface area (TPSA) is 20.2 Å². The highest BCUT2D eigenvalue weighted by Gasteiger charge is 2.14. The molecule has 0 saturated carbocycles. The summed E-state index contributed by atoms with van der Waals surface area (Å²) in [6.45, 7) is 3.93. The van der Waals surface area contributed by atoms with Crippen LogP contribution in [0.3, 0.4) is 0 Å². The van der Waals surface area contributed by atoms with E-state index in [1.807, 2.05) is 26.0 Å². The van der Waals surface area contributed by atoms with Crippen LogP contribution in [-0.2, 0) is 0 Å². The second-order valence-corrected chi connectivity index (χ2v) is 5.27. The Morgan fingerprint density at radius 1 is 1.06 bits per heavy atom. The highest BCUT2D eigenvalue weighted by molar-refractivity contribution is 9.10. The number of benzene rings is 2. The molecule has 0 aliphatic rings.